The minimum Gasteiger partial charge on any atom is -0.373 e. The molecule has 0 unspecified atom stereocenters. The van der Waals surface area contributed by atoms with Crippen molar-refractivity contribution in [1.29, 1.82) is 0 Å². The maximum absolute atomic E-state index is 12.9. The van der Waals surface area contributed by atoms with Gasteiger partial charge in [0.2, 0.25) is 5.82 Å². The summed E-state index contributed by atoms with van der Waals surface area (Å²) in [6.07, 6.45) is -3.72. The number of rotatable bonds is 2. The molecule has 21 heavy (non-hydrogen) atoms. The molecule has 0 atom stereocenters. The van der Waals surface area contributed by atoms with E-state index in [9.17, 15) is 13.2 Å². The van der Waals surface area contributed by atoms with Gasteiger partial charge in [-0.3, -0.25) is 0 Å². The molecule has 0 spiro atoms. The zero-order valence-electron chi connectivity index (χ0n) is 11.2. The number of thiophene rings is 1. The molecule has 0 aromatic carbocycles. The molecule has 2 aromatic heterocycles. The number of halogens is 3. The molecular weight excluding hydrogens is 301 g/mol. The monoisotopic (exact) mass is 314 g/mol. The van der Waals surface area contributed by atoms with Gasteiger partial charge in [-0.1, -0.05) is 0 Å². The van der Waals surface area contributed by atoms with Crippen molar-refractivity contribution in [3.63, 3.8) is 0 Å². The highest BCUT2D eigenvalue weighted by Crippen LogP contribution is 2.31. The quantitative estimate of drug-likeness (QED) is 0.924. The molecule has 0 radical (unpaired) electrons. The second-order valence-electron chi connectivity index (χ2n) is 4.72. The van der Waals surface area contributed by atoms with Crippen molar-refractivity contribution < 1.29 is 13.2 Å². The highest BCUT2D eigenvalue weighted by Gasteiger charge is 2.36. The SMILES string of the molecule is CNc1cc(N2CCc3sccc3C2)nc(C(F)(F)F)n1. The molecule has 112 valence electrons. The van der Waals surface area contributed by atoms with Crippen molar-refractivity contribution in [1.82, 2.24) is 9.97 Å². The van der Waals surface area contributed by atoms with Crippen LogP contribution in [0.4, 0.5) is 24.8 Å². The fourth-order valence-electron chi connectivity index (χ4n) is 2.30. The highest BCUT2D eigenvalue weighted by molar-refractivity contribution is 7.10. The number of hydrogen-bond donors (Lipinski definition) is 1. The predicted molar refractivity (Wildman–Crippen MR) is 75.7 cm³/mol. The van der Waals surface area contributed by atoms with E-state index in [1.807, 2.05) is 16.3 Å². The summed E-state index contributed by atoms with van der Waals surface area (Å²) in [5, 5.41) is 4.67. The fraction of sp³-hybridized carbons (Fsp3) is 0.385. The highest BCUT2D eigenvalue weighted by atomic mass is 32.1. The Kier molecular flexibility index (Phi) is 3.48. The maximum atomic E-state index is 12.9. The van der Waals surface area contributed by atoms with Crippen molar-refractivity contribution in [2.24, 2.45) is 0 Å². The van der Waals surface area contributed by atoms with Crippen LogP contribution >= 0.6 is 11.3 Å². The van der Waals surface area contributed by atoms with E-state index in [0.717, 1.165) is 12.0 Å². The van der Waals surface area contributed by atoms with Crippen LogP contribution in [0.1, 0.15) is 16.3 Å². The number of nitrogens with one attached hydrogen (secondary N) is 1. The van der Waals surface area contributed by atoms with E-state index >= 15 is 0 Å². The molecule has 0 bridgehead atoms. The van der Waals surface area contributed by atoms with Gasteiger partial charge in [0.15, 0.2) is 0 Å². The molecule has 8 heteroatoms. The van der Waals surface area contributed by atoms with Crippen molar-refractivity contribution in [2.75, 3.05) is 23.8 Å². The molecule has 0 aliphatic carbocycles. The summed E-state index contributed by atoms with van der Waals surface area (Å²) in [6, 6.07) is 3.56. The average Bonchev–Trinajstić information content (AvgIpc) is 2.93. The molecule has 2 aromatic rings. The van der Waals surface area contributed by atoms with Gasteiger partial charge in [0.1, 0.15) is 11.6 Å². The lowest BCUT2D eigenvalue weighted by Crippen LogP contribution is -2.31. The molecule has 3 heterocycles. The van der Waals surface area contributed by atoms with Crippen molar-refractivity contribution in [3.05, 3.63) is 33.8 Å². The largest absolute Gasteiger partial charge is 0.451 e. The van der Waals surface area contributed by atoms with Crippen LogP contribution in [-0.4, -0.2) is 23.6 Å². The van der Waals surface area contributed by atoms with E-state index < -0.39 is 12.0 Å². The number of anilines is 2. The van der Waals surface area contributed by atoms with Crippen molar-refractivity contribution in [2.45, 2.75) is 19.1 Å². The van der Waals surface area contributed by atoms with Gasteiger partial charge in [-0.05, 0) is 23.4 Å². The number of hydrogen-bond acceptors (Lipinski definition) is 5. The van der Waals surface area contributed by atoms with Gasteiger partial charge in [-0.25, -0.2) is 9.97 Å². The van der Waals surface area contributed by atoms with Gasteiger partial charge in [0.05, 0.1) is 0 Å². The number of aromatic nitrogens is 2. The smallest absolute Gasteiger partial charge is 0.373 e. The molecule has 1 aliphatic rings. The first kappa shape index (κ1) is 14.1. The molecule has 0 saturated carbocycles. The van der Waals surface area contributed by atoms with Crippen LogP contribution in [0.5, 0.6) is 0 Å². The second-order valence-corrected chi connectivity index (χ2v) is 5.72. The normalized spacial score (nSPS) is 15.0. The Bertz CT molecular complexity index is 653. The maximum Gasteiger partial charge on any atom is 0.451 e. The minimum atomic E-state index is -4.55. The first-order valence-corrected chi connectivity index (χ1v) is 7.29. The molecule has 0 fully saturated rings. The Balaban J connectivity index is 1.95. The molecule has 0 amide bonds. The Labute approximate surface area is 123 Å². The van der Waals surface area contributed by atoms with E-state index in [4.69, 9.17) is 0 Å². The Morgan fingerprint density at radius 1 is 1.33 bits per heavy atom. The summed E-state index contributed by atoms with van der Waals surface area (Å²) in [5.41, 5.74) is 1.16. The van der Waals surface area contributed by atoms with E-state index in [0.29, 0.717) is 18.9 Å². The Hall–Kier alpha value is -1.83. The number of nitrogens with zero attached hydrogens (tertiary/aromatic N) is 3. The molecule has 1 N–H and O–H groups in total. The minimum absolute atomic E-state index is 0.170. The number of alkyl halides is 3. The lowest BCUT2D eigenvalue weighted by Gasteiger charge is -2.28. The first-order valence-electron chi connectivity index (χ1n) is 6.41. The van der Waals surface area contributed by atoms with Crippen molar-refractivity contribution in [3.8, 4) is 0 Å². The van der Waals surface area contributed by atoms with Crippen LogP contribution in [-0.2, 0) is 19.1 Å². The lowest BCUT2D eigenvalue weighted by atomic mass is 10.1. The van der Waals surface area contributed by atoms with E-state index in [1.165, 1.54) is 4.88 Å². The first-order chi connectivity index (χ1) is 9.97. The number of fused-ring (bicyclic) bond motifs is 1. The Morgan fingerprint density at radius 3 is 2.86 bits per heavy atom. The third-order valence-electron chi connectivity index (χ3n) is 3.35. The molecule has 0 saturated heterocycles. The van der Waals surface area contributed by atoms with Gasteiger partial charge >= 0.3 is 6.18 Å². The van der Waals surface area contributed by atoms with Crippen LogP contribution in [0.3, 0.4) is 0 Å². The zero-order chi connectivity index (χ0) is 15.0. The van der Waals surface area contributed by atoms with Crippen LogP contribution in [0, 0.1) is 0 Å². The second kappa shape index (κ2) is 5.18. The molecule has 1 aliphatic heterocycles. The summed E-state index contributed by atoms with van der Waals surface area (Å²) < 4.78 is 38.6. The van der Waals surface area contributed by atoms with E-state index in [1.54, 1.807) is 24.5 Å². The predicted octanol–water partition coefficient (Wildman–Crippen LogP) is 3.16. The molecular formula is C13H13F3N4S. The standard InChI is InChI=1S/C13H13F3N4S/c1-17-10-6-11(19-12(18-10)13(14,15)16)20-4-2-9-8(7-20)3-5-21-9/h3,5-6H,2,4,7H2,1H3,(H,17,18,19). The molecule has 4 nitrogen and oxygen atoms in total. The summed E-state index contributed by atoms with van der Waals surface area (Å²) in [4.78, 5) is 10.3. The van der Waals surface area contributed by atoms with Gasteiger partial charge in [0.25, 0.3) is 0 Å². The third kappa shape index (κ3) is 2.80. The van der Waals surface area contributed by atoms with E-state index in [2.05, 4.69) is 15.3 Å². The topological polar surface area (TPSA) is 41.0 Å². The fourth-order valence-corrected chi connectivity index (χ4v) is 3.18. The third-order valence-corrected chi connectivity index (χ3v) is 4.38. The van der Waals surface area contributed by atoms with Gasteiger partial charge in [-0.2, -0.15) is 13.2 Å². The van der Waals surface area contributed by atoms with Crippen LogP contribution in [0.15, 0.2) is 17.5 Å². The summed E-state index contributed by atoms with van der Waals surface area (Å²) in [7, 11) is 1.54. The summed E-state index contributed by atoms with van der Waals surface area (Å²) >= 11 is 1.69. The summed E-state index contributed by atoms with van der Waals surface area (Å²) in [5.74, 6) is -0.637. The van der Waals surface area contributed by atoms with Crippen molar-refractivity contribution >= 4 is 23.0 Å². The molecule has 3 rings (SSSR count). The van der Waals surface area contributed by atoms with E-state index in [-0.39, 0.29) is 5.82 Å². The van der Waals surface area contributed by atoms with Crippen LogP contribution < -0.4 is 10.2 Å². The lowest BCUT2D eigenvalue weighted by molar-refractivity contribution is -0.144. The van der Waals surface area contributed by atoms with Crippen LogP contribution in [0.2, 0.25) is 0 Å². The van der Waals surface area contributed by atoms with Crippen LogP contribution in [0.25, 0.3) is 0 Å². The average molecular weight is 314 g/mol. The van der Waals surface area contributed by atoms with Gasteiger partial charge < -0.3 is 10.2 Å². The summed E-state index contributed by atoms with van der Waals surface area (Å²) in [6.45, 7) is 1.24. The van der Waals surface area contributed by atoms with Gasteiger partial charge in [-0.15, -0.1) is 11.3 Å². The van der Waals surface area contributed by atoms with Gasteiger partial charge in [0, 0.05) is 31.1 Å². The zero-order valence-corrected chi connectivity index (χ0v) is 12.1. The Morgan fingerprint density at radius 2 is 2.14 bits per heavy atom.